The minimum atomic E-state index is -3.63. The predicted octanol–water partition coefficient (Wildman–Crippen LogP) is 1.87. The number of hydrogen-bond acceptors (Lipinski definition) is 4. The number of nitrogens with one attached hydrogen (secondary N) is 2. The Bertz CT molecular complexity index is 608. The van der Waals surface area contributed by atoms with Crippen molar-refractivity contribution in [3.63, 3.8) is 0 Å². The minimum Gasteiger partial charge on any atom is -0.312 e. The Morgan fingerprint density at radius 2 is 1.79 bits per heavy atom. The summed E-state index contributed by atoms with van der Waals surface area (Å²) in [4.78, 5) is 13.6. The summed E-state index contributed by atoms with van der Waals surface area (Å²) < 4.78 is 24.7. The van der Waals surface area contributed by atoms with Gasteiger partial charge in [0.05, 0.1) is 4.90 Å². The average Bonchev–Trinajstić information content (AvgIpc) is 2.37. The zero-order valence-corrected chi connectivity index (χ0v) is 12.4. The normalized spacial score (nSPS) is 16.1. The van der Waals surface area contributed by atoms with Gasteiger partial charge in [-0.25, -0.2) is 8.42 Å². The van der Waals surface area contributed by atoms with Gasteiger partial charge in [0.1, 0.15) is 0 Å². The van der Waals surface area contributed by atoms with Gasteiger partial charge in [-0.15, -0.1) is 4.83 Å². The molecule has 1 aromatic carbocycles. The summed E-state index contributed by atoms with van der Waals surface area (Å²) in [5.74, 6) is 0.0107. The standard InChI is InChI=1S/C12H13BrN2O3S/c13-9-4-6-12(7-5-9)19(17,18)15-14-10-2-1-3-11(16)8-10/h4-8,14-15H,1-3H2. The highest BCUT2D eigenvalue weighted by atomic mass is 79.9. The van der Waals surface area contributed by atoms with Crippen molar-refractivity contribution in [3.05, 3.63) is 40.5 Å². The van der Waals surface area contributed by atoms with E-state index in [1.54, 1.807) is 12.1 Å². The van der Waals surface area contributed by atoms with E-state index >= 15 is 0 Å². The van der Waals surface area contributed by atoms with E-state index in [4.69, 9.17) is 0 Å². The van der Waals surface area contributed by atoms with Gasteiger partial charge in [-0.3, -0.25) is 4.79 Å². The first kappa shape index (κ1) is 14.2. The molecule has 0 radical (unpaired) electrons. The number of allylic oxidation sites excluding steroid dienone is 2. The van der Waals surface area contributed by atoms with Crippen molar-refractivity contribution in [2.45, 2.75) is 24.2 Å². The highest BCUT2D eigenvalue weighted by Gasteiger charge is 2.15. The van der Waals surface area contributed by atoms with Gasteiger partial charge in [-0.1, -0.05) is 15.9 Å². The van der Waals surface area contributed by atoms with Gasteiger partial charge in [-0.05, 0) is 37.1 Å². The molecular formula is C12H13BrN2O3S. The topological polar surface area (TPSA) is 75.3 Å². The Kier molecular flexibility index (Phi) is 4.38. The number of halogens is 1. The Labute approximate surface area is 120 Å². The quantitative estimate of drug-likeness (QED) is 0.817. The fourth-order valence-corrected chi connectivity index (χ4v) is 2.84. The van der Waals surface area contributed by atoms with Crippen LogP contribution in [0.4, 0.5) is 0 Å². The highest BCUT2D eigenvalue weighted by molar-refractivity contribution is 9.10. The molecule has 0 saturated carbocycles. The summed E-state index contributed by atoms with van der Waals surface area (Å²) in [5.41, 5.74) is 3.19. The molecule has 0 heterocycles. The highest BCUT2D eigenvalue weighted by Crippen LogP contribution is 2.15. The molecule has 7 heteroatoms. The van der Waals surface area contributed by atoms with E-state index in [9.17, 15) is 13.2 Å². The van der Waals surface area contributed by atoms with E-state index in [2.05, 4.69) is 26.2 Å². The summed E-state index contributed by atoms with van der Waals surface area (Å²) in [6.45, 7) is 0. The predicted molar refractivity (Wildman–Crippen MR) is 74.5 cm³/mol. The summed E-state index contributed by atoms with van der Waals surface area (Å²) >= 11 is 3.24. The van der Waals surface area contributed by atoms with Crippen molar-refractivity contribution < 1.29 is 13.2 Å². The molecule has 5 nitrogen and oxygen atoms in total. The van der Waals surface area contributed by atoms with Crippen LogP contribution in [0.2, 0.25) is 0 Å². The summed E-state index contributed by atoms with van der Waals surface area (Å²) in [7, 11) is -3.63. The molecule has 0 amide bonds. The van der Waals surface area contributed by atoms with Crippen LogP contribution < -0.4 is 10.3 Å². The molecule has 102 valence electrons. The molecule has 1 aliphatic rings. The van der Waals surface area contributed by atoms with Gasteiger partial charge in [0.25, 0.3) is 10.0 Å². The van der Waals surface area contributed by atoms with Crippen LogP contribution in [0, 0.1) is 0 Å². The van der Waals surface area contributed by atoms with Crippen LogP contribution in [0.5, 0.6) is 0 Å². The Hall–Kier alpha value is -1.18. The lowest BCUT2D eigenvalue weighted by molar-refractivity contribution is -0.115. The molecule has 0 saturated heterocycles. The maximum absolute atomic E-state index is 12.0. The van der Waals surface area contributed by atoms with Crippen LogP contribution in [-0.4, -0.2) is 14.2 Å². The second-order valence-electron chi connectivity index (χ2n) is 4.17. The van der Waals surface area contributed by atoms with Crippen molar-refractivity contribution in [2.75, 3.05) is 0 Å². The van der Waals surface area contributed by atoms with Crippen LogP contribution in [-0.2, 0) is 14.8 Å². The molecule has 19 heavy (non-hydrogen) atoms. The third-order valence-corrected chi connectivity index (χ3v) is 4.47. The lowest BCUT2D eigenvalue weighted by atomic mass is 10.0. The molecule has 2 N–H and O–H groups in total. The number of ketones is 1. The number of sulfonamides is 1. The fraction of sp³-hybridized carbons (Fsp3) is 0.250. The number of rotatable bonds is 4. The Morgan fingerprint density at radius 3 is 2.42 bits per heavy atom. The average molecular weight is 345 g/mol. The van der Waals surface area contributed by atoms with Gasteiger partial charge in [0, 0.05) is 22.7 Å². The molecule has 0 atom stereocenters. The summed E-state index contributed by atoms with van der Waals surface area (Å²) in [6.07, 6.45) is 3.35. The van der Waals surface area contributed by atoms with Crippen LogP contribution >= 0.6 is 15.9 Å². The molecule has 0 bridgehead atoms. The van der Waals surface area contributed by atoms with Crippen molar-refractivity contribution in [2.24, 2.45) is 0 Å². The number of carbonyl (C=O) groups excluding carboxylic acids is 1. The second-order valence-corrected chi connectivity index (χ2v) is 6.77. The molecule has 0 fully saturated rings. The minimum absolute atomic E-state index is 0.0107. The number of carbonyl (C=O) groups is 1. The third-order valence-electron chi connectivity index (χ3n) is 2.67. The van der Waals surface area contributed by atoms with E-state index in [0.29, 0.717) is 18.5 Å². The van der Waals surface area contributed by atoms with Crippen LogP contribution in [0.1, 0.15) is 19.3 Å². The van der Waals surface area contributed by atoms with Gasteiger partial charge < -0.3 is 5.43 Å². The number of hydrogen-bond donors (Lipinski definition) is 2. The number of benzene rings is 1. The summed E-state index contributed by atoms with van der Waals surface area (Å²) in [5, 5.41) is 0. The van der Waals surface area contributed by atoms with Crippen molar-refractivity contribution in [1.29, 1.82) is 0 Å². The van der Waals surface area contributed by atoms with Gasteiger partial charge in [0.2, 0.25) is 0 Å². The molecule has 1 aliphatic carbocycles. The first-order chi connectivity index (χ1) is 8.97. The zero-order chi connectivity index (χ0) is 13.9. The van der Waals surface area contributed by atoms with E-state index < -0.39 is 10.0 Å². The fourth-order valence-electron chi connectivity index (χ4n) is 1.70. The smallest absolute Gasteiger partial charge is 0.257 e. The number of hydrazine groups is 1. The first-order valence-electron chi connectivity index (χ1n) is 5.74. The van der Waals surface area contributed by atoms with Crippen LogP contribution in [0.3, 0.4) is 0 Å². The third kappa shape index (κ3) is 3.89. The molecule has 0 spiro atoms. The molecule has 1 aromatic rings. The van der Waals surface area contributed by atoms with E-state index in [1.165, 1.54) is 18.2 Å². The Morgan fingerprint density at radius 1 is 1.11 bits per heavy atom. The maximum Gasteiger partial charge on any atom is 0.257 e. The second kappa shape index (κ2) is 5.85. The van der Waals surface area contributed by atoms with Crippen LogP contribution in [0.25, 0.3) is 0 Å². The van der Waals surface area contributed by atoms with Gasteiger partial charge >= 0.3 is 0 Å². The van der Waals surface area contributed by atoms with Gasteiger partial charge in [-0.2, -0.15) is 0 Å². The molecule has 0 unspecified atom stereocenters. The van der Waals surface area contributed by atoms with E-state index in [0.717, 1.165) is 10.9 Å². The monoisotopic (exact) mass is 344 g/mol. The lowest BCUT2D eigenvalue weighted by Gasteiger charge is -2.15. The molecular weight excluding hydrogens is 332 g/mol. The maximum atomic E-state index is 12.0. The van der Waals surface area contributed by atoms with E-state index in [-0.39, 0.29) is 10.7 Å². The Balaban J connectivity index is 2.06. The van der Waals surface area contributed by atoms with Gasteiger partial charge in [0.15, 0.2) is 5.78 Å². The lowest BCUT2D eigenvalue weighted by Crippen LogP contribution is -2.37. The molecule has 0 aliphatic heterocycles. The van der Waals surface area contributed by atoms with Crippen LogP contribution in [0.15, 0.2) is 45.4 Å². The summed E-state index contributed by atoms with van der Waals surface area (Å²) in [6, 6.07) is 6.29. The molecule has 0 aromatic heterocycles. The van der Waals surface area contributed by atoms with Crippen molar-refractivity contribution >= 4 is 31.7 Å². The SMILES string of the molecule is O=C1C=C(NNS(=O)(=O)c2ccc(Br)cc2)CCC1. The zero-order valence-electron chi connectivity index (χ0n) is 10.0. The van der Waals surface area contributed by atoms with E-state index in [1.807, 2.05) is 0 Å². The first-order valence-corrected chi connectivity index (χ1v) is 8.02. The van der Waals surface area contributed by atoms with Crippen molar-refractivity contribution in [3.8, 4) is 0 Å². The molecule has 2 rings (SSSR count). The van der Waals surface area contributed by atoms with Crippen molar-refractivity contribution in [1.82, 2.24) is 10.3 Å². The largest absolute Gasteiger partial charge is 0.312 e.